The molecule has 0 aliphatic carbocycles. The summed E-state index contributed by atoms with van der Waals surface area (Å²) in [5.41, 5.74) is 0. The van der Waals surface area contributed by atoms with Gasteiger partial charge in [0.2, 0.25) is 5.88 Å². The van der Waals surface area contributed by atoms with E-state index in [4.69, 9.17) is 4.74 Å². The van der Waals surface area contributed by atoms with E-state index in [2.05, 4.69) is 15.3 Å². The van der Waals surface area contributed by atoms with Gasteiger partial charge < -0.3 is 15.2 Å². The molecule has 0 radical (unpaired) electrons. The SMILES string of the molecule is CCCOc1cc(NC(C(=O)O)c2cccs2)ncn1. The first-order chi connectivity index (χ1) is 9.70. The number of rotatable bonds is 7. The van der Waals surface area contributed by atoms with E-state index in [0.717, 1.165) is 6.42 Å². The zero-order chi connectivity index (χ0) is 14.4. The van der Waals surface area contributed by atoms with Crippen LogP contribution in [0.3, 0.4) is 0 Å². The van der Waals surface area contributed by atoms with Crippen molar-refractivity contribution in [1.29, 1.82) is 0 Å². The van der Waals surface area contributed by atoms with Crippen molar-refractivity contribution in [3.05, 3.63) is 34.8 Å². The number of anilines is 1. The number of carboxylic acids is 1. The third kappa shape index (κ3) is 3.67. The normalized spacial score (nSPS) is 11.8. The molecular formula is C13H15N3O3S. The molecule has 2 heterocycles. The average molecular weight is 293 g/mol. The molecule has 1 atom stereocenters. The summed E-state index contributed by atoms with van der Waals surface area (Å²) in [6.07, 6.45) is 2.22. The number of carbonyl (C=O) groups is 1. The molecule has 106 valence electrons. The van der Waals surface area contributed by atoms with Gasteiger partial charge in [-0.2, -0.15) is 0 Å². The largest absolute Gasteiger partial charge is 0.479 e. The Morgan fingerprint density at radius 2 is 2.40 bits per heavy atom. The Bertz CT molecular complexity index is 560. The number of thiophene rings is 1. The van der Waals surface area contributed by atoms with Crippen LogP contribution in [0.2, 0.25) is 0 Å². The van der Waals surface area contributed by atoms with Crippen molar-refractivity contribution >= 4 is 23.1 Å². The van der Waals surface area contributed by atoms with Gasteiger partial charge in [-0.1, -0.05) is 13.0 Å². The van der Waals surface area contributed by atoms with E-state index in [1.54, 1.807) is 12.1 Å². The summed E-state index contributed by atoms with van der Waals surface area (Å²) >= 11 is 1.38. The second-order valence-corrected chi connectivity index (χ2v) is 5.00. The highest BCUT2D eigenvalue weighted by Crippen LogP contribution is 2.24. The van der Waals surface area contributed by atoms with Crippen LogP contribution in [0.1, 0.15) is 24.3 Å². The highest BCUT2D eigenvalue weighted by atomic mass is 32.1. The fourth-order valence-corrected chi connectivity index (χ4v) is 2.33. The summed E-state index contributed by atoms with van der Waals surface area (Å²) in [5, 5.41) is 14.0. The molecule has 2 N–H and O–H groups in total. The first-order valence-electron chi connectivity index (χ1n) is 6.18. The Hall–Kier alpha value is -2.15. The van der Waals surface area contributed by atoms with Crippen LogP contribution >= 0.6 is 11.3 Å². The second kappa shape index (κ2) is 6.85. The van der Waals surface area contributed by atoms with Gasteiger partial charge in [0.25, 0.3) is 0 Å². The van der Waals surface area contributed by atoms with Crippen LogP contribution in [-0.2, 0) is 4.79 Å². The molecule has 0 saturated heterocycles. The fourth-order valence-electron chi connectivity index (χ4n) is 1.56. The van der Waals surface area contributed by atoms with Crippen molar-refractivity contribution < 1.29 is 14.6 Å². The standard InChI is InChI=1S/C13H15N3O3S/c1-2-5-19-11-7-10(14-8-15-11)16-12(13(17)18)9-4-3-6-20-9/h3-4,6-8,12H,2,5H2,1H3,(H,17,18)(H,14,15,16). The Morgan fingerprint density at radius 3 is 3.05 bits per heavy atom. The zero-order valence-corrected chi connectivity index (χ0v) is 11.8. The van der Waals surface area contributed by atoms with Gasteiger partial charge in [-0.25, -0.2) is 14.8 Å². The molecule has 0 fully saturated rings. The molecule has 20 heavy (non-hydrogen) atoms. The Morgan fingerprint density at radius 1 is 1.55 bits per heavy atom. The Kier molecular flexibility index (Phi) is 4.89. The quantitative estimate of drug-likeness (QED) is 0.816. The summed E-state index contributed by atoms with van der Waals surface area (Å²) < 4.78 is 5.39. The number of aliphatic carboxylic acids is 1. The monoisotopic (exact) mass is 293 g/mol. The minimum atomic E-state index is -0.956. The molecular weight excluding hydrogens is 278 g/mol. The van der Waals surface area contributed by atoms with Gasteiger partial charge in [-0.05, 0) is 17.9 Å². The van der Waals surface area contributed by atoms with Crippen molar-refractivity contribution in [2.24, 2.45) is 0 Å². The third-order valence-electron chi connectivity index (χ3n) is 2.46. The molecule has 2 aromatic rings. The number of carboxylic acid groups (broad SMARTS) is 1. The fraction of sp³-hybridized carbons (Fsp3) is 0.308. The van der Waals surface area contributed by atoms with Gasteiger partial charge in [0.15, 0.2) is 6.04 Å². The number of aromatic nitrogens is 2. The summed E-state index contributed by atoms with van der Waals surface area (Å²) in [6.45, 7) is 2.56. The van der Waals surface area contributed by atoms with Gasteiger partial charge >= 0.3 is 5.97 Å². The lowest BCUT2D eigenvalue weighted by atomic mass is 10.2. The van der Waals surface area contributed by atoms with Crippen LogP contribution in [0.25, 0.3) is 0 Å². The van der Waals surface area contributed by atoms with Crippen molar-refractivity contribution in [3.63, 3.8) is 0 Å². The number of nitrogens with zero attached hydrogens (tertiary/aromatic N) is 2. The predicted octanol–water partition coefficient (Wildman–Crippen LogP) is 2.56. The highest BCUT2D eigenvalue weighted by Gasteiger charge is 2.21. The van der Waals surface area contributed by atoms with Gasteiger partial charge in [0.1, 0.15) is 12.1 Å². The van der Waals surface area contributed by atoms with Crippen LogP contribution in [-0.4, -0.2) is 27.7 Å². The van der Waals surface area contributed by atoms with E-state index in [-0.39, 0.29) is 0 Å². The Labute approximate surface area is 120 Å². The Balaban J connectivity index is 2.13. The lowest BCUT2D eigenvalue weighted by Crippen LogP contribution is -2.20. The molecule has 0 spiro atoms. The number of hydrogen-bond donors (Lipinski definition) is 2. The molecule has 2 rings (SSSR count). The molecule has 0 bridgehead atoms. The summed E-state index contributed by atoms with van der Waals surface area (Å²) in [7, 11) is 0. The predicted molar refractivity (Wildman–Crippen MR) is 76.1 cm³/mol. The van der Waals surface area contributed by atoms with Gasteiger partial charge in [-0.15, -0.1) is 11.3 Å². The van der Waals surface area contributed by atoms with Crippen molar-refractivity contribution in [1.82, 2.24) is 9.97 Å². The van der Waals surface area contributed by atoms with Crippen molar-refractivity contribution in [3.8, 4) is 5.88 Å². The molecule has 7 heteroatoms. The van der Waals surface area contributed by atoms with E-state index in [9.17, 15) is 9.90 Å². The minimum Gasteiger partial charge on any atom is -0.479 e. The van der Waals surface area contributed by atoms with E-state index in [0.29, 0.717) is 23.2 Å². The van der Waals surface area contributed by atoms with Crippen LogP contribution in [0.5, 0.6) is 5.88 Å². The van der Waals surface area contributed by atoms with Crippen LogP contribution in [0.4, 0.5) is 5.82 Å². The van der Waals surface area contributed by atoms with E-state index >= 15 is 0 Å². The maximum atomic E-state index is 11.3. The molecule has 0 aliphatic rings. The summed E-state index contributed by atoms with van der Waals surface area (Å²) in [5.74, 6) is -0.103. The number of ether oxygens (including phenoxy) is 1. The van der Waals surface area contributed by atoms with E-state index in [1.807, 2.05) is 18.4 Å². The maximum absolute atomic E-state index is 11.3. The van der Waals surface area contributed by atoms with Crippen LogP contribution < -0.4 is 10.1 Å². The third-order valence-corrected chi connectivity index (χ3v) is 3.40. The van der Waals surface area contributed by atoms with Crippen LogP contribution in [0, 0.1) is 0 Å². The maximum Gasteiger partial charge on any atom is 0.331 e. The van der Waals surface area contributed by atoms with Gasteiger partial charge in [-0.3, -0.25) is 0 Å². The lowest BCUT2D eigenvalue weighted by Gasteiger charge is -2.13. The minimum absolute atomic E-state index is 0.423. The van der Waals surface area contributed by atoms with Crippen molar-refractivity contribution in [2.45, 2.75) is 19.4 Å². The molecule has 6 nitrogen and oxygen atoms in total. The molecule has 0 saturated carbocycles. The summed E-state index contributed by atoms with van der Waals surface area (Å²) in [4.78, 5) is 20.0. The van der Waals surface area contributed by atoms with Crippen LogP contribution in [0.15, 0.2) is 29.9 Å². The molecule has 1 unspecified atom stereocenters. The number of hydrogen-bond acceptors (Lipinski definition) is 6. The second-order valence-electron chi connectivity index (χ2n) is 4.02. The first-order valence-corrected chi connectivity index (χ1v) is 7.06. The zero-order valence-electron chi connectivity index (χ0n) is 10.9. The van der Waals surface area contributed by atoms with Gasteiger partial charge in [0.05, 0.1) is 6.61 Å². The van der Waals surface area contributed by atoms with Crippen molar-refractivity contribution in [2.75, 3.05) is 11.9 Å². The smallest absolute Gasteiger partial charge is 0.331 e. The molecule has 0 aromatic carbocycles. The van der Waals surface area contributed by atoms with E-state index < -0.39 is 12.0 Å². The lowest BCUT2D eigenvalue weighted by molar-refractivity contribution is -0.138. The molecule has 0 aliphatic heterocycles. The van der Waals surface area contributed by atoms with Gasteiger partial charge in [0, 0.05) is 10.9 Å². The topological polar surface area (TPSA) is 84.3 Å². The number of nitrogens with one attached hydrogen (secondary N) is 1. The summed E-state index contributed by atoms with van der Waals surface area (Å²) in [6, 6.07) is 4.35. The molecule has 2 aromatic heterocycles. The van der Waals surface area contributed by atoms with E-state index in [1.165, 1.54) is 17.7 Å². The first kappa shape index (κ1) is 14.3. The average Bonchev–Trinajstić information content (AvgIpc) is 2.96. The highest BCUT2D eigenvalue weighted by molar-refractivity contribution is 7.10. The molecule has 0 amide bonds.